The lowest BCUT2D eigenvalue weighted by atomic mass is 10.0. The molecular weight excluding hydrogens is 228 g/mol. The van der Waals surface area contributed by atoms with E-state index in [4.69, 9.17) is 20.7 Å². The van der Waals surface area contributed by atoms with Gasteiger partial charge in [-0.2, -0.15) is 0 Å². The van der Waals surface area contributed by atoms with E-state index >= 15 is 0 Å². The minimum atomic E-state index is -0.833. The van der Waals surface area contributed by atoms with Crippen LogP contribution in [0.15, 0.2) is 42.5 Å². The van der Waals surface area contributed by atoms with Crippen molar-refractivity contribution in [3.8, 4) is 0 Å². The second-order valence-electron chi connectivity index (χ2n) is 3.51. The lowest BCUT2D eigenvalue weighted by Crippen LogP contribution is -1.81. The van der Waals surface area contributed by atoms with Crippen molar-refractivity contribution in [3.05, 3.63) is 48.0 Å². The Morgan fingerprint density at radius 2 is 1.61 bits per heavy atom. The lowest BCUT2D eigenvalue weighted by molar-refractivity contribution is -0.134. The van der Waals surface area contributed by atoms with E-state index in [0.29, 0.717) is 0 Å². The molecule has 0 atom stereocenters. The van der Waals surface area contributed by atoms with Crippen molar-refractivity contribution >= 4 is 16.7 Å². The quantitative estimate of drug-likeness (QED) is 0.777. The van der Waals surface area contributed by atoms with Gasteiger partial charge in [0.2, 0.25) is 0 Å². The van der Waals surface area contributed by atoms with Crippen molar-refractivity contribution in [2.75, 3.05) is 0 Å². The Balaban J connectivity index is 0.000000415. The highest BCUT2D eigenvalue weighted by atomic mass is 16.4. The first-order valence-electron chi connectivity index (χ1n) is 5.51. The number of nitrogens with zero attached hydrogens (tertiary/aromatic N) is 2. The number of carboxylic acids is 1. The molecule has 0 aromatic heterocycles. The van der Waals surface area contributed by atoms with Crippen molar-refractivity contribution in [3.63, 3.8) is 0 Å². The second kappa shape index (κ2) is 8.71. The van der Waals surface area contributed by atoms with Crippen LogP contribution in [0.5, 0.6) is 0 Å². The average Bonchev–Trinajstić information content (AvgIpc) is 2.40. The van der Waals surface area contributed by atoms with Crippen LogP contribution in [0.1, 0.15) is 19.4 Å². The average molecular weight is 244 g/mol. The number of rotatable bonds is 1. The summed E-state index contributed by atoms with van der Waals surface area (Å²) in [5.74, 6) is -0.833. The first-order chi connectivity index (χ1) is 8.65. The summed E-state index contributed by atoms with van der Waals surface area (Å²) >= 11 is 0. The molecule has 0 saturated heterocycles. The summed E-state index contributed by atoms with van der Waals surface area (Å²) in [7, 11) is 0. The van der Waals surface area contributed by atoms with Gasteiger partial charge in [-0.05, 0) is 22.8 Å². The summed E-state index contributed by atoms with van der Waals surface area (Å²) in [5.41, 5.74) is 1.44. The molecule has 0 aliphatic heterocycles. The highest BCUT2D eigenvalue weighted by Crippen LogP contribution is 2.18. The zero-order chi connectivity index (χ0) is 14.0. The van der Waals surface area contributed by atoms with E-state index < -0.39 is 5.97 Å². The van der Waals surface area contributed by atoms with E-state index in [9.17, 15) is 0 Å². The van der Waals surface area contributed by atoms with Crippen LogP contribution in [0.3, 0.4) is 0 Å². The van der Waals surface area contributed by atoms with Crippen LogP contribution in [0.25, 0.3) is 10.8 Å². The third kappa shape index (κ3) is 5.08. The van der Waals surface area contributed by atoms with Crippen molar-refractivity contribution in [1.82, 2.24) is 0 Å². The Kier molecular flexibility index (Phi) is 7.54. The Morgan fingerprint density at radius 3 is 2.17 bits per heavy atom. The molecule has 0 aliphatic rings. The van der Waals surface area contributed by atoms with Gasteiger partial charge in [0.1, 0.15) is 0 Å². The molecule has 0 bridgehead atoms. The largest absolute Gasteiger partial charge is 0.481 e. The maximum Gasteiger partial charge on any atom is 0.300 e. The topological polar surface area (TPSA) is 84.9 Å². The third-order valence-corrected chi connectivity index (χ3v) is 2.26. The number of hydrogen-bond acceptors (Lipinski definition) is 3. The Hall–Kier alpha value is -2.41. The number of hydrogen-bond donors (Lipinski definition) is 1. The summed E-state index contributed by atoms with van der Waals surface area (Å²) in [6.07, 6.45) is 1.11. The summed E-state index contributed by atoms with van der Waals surface area (Å²) in [5, 5.41) is 22.2. The predicted octanol–water partition coefficient (Wildman–Crippen LogP) is 3.52. The molecule has 2 rings (SSSR count). The molecule has 0 heterocycles. The zero-order valence-corrected chi connectivity index (χ0v) is 10.5. The van der Waals surface area contributed by atoms with Crippen LogP contribution in [-0.2, 0) is 11.2 Å². The molecule has 0 radical (unpaired) electrons. The van der Waals surface area contributed by atoms with E-state index in [-0.39, 0.29) is 0 Å². The van der Waals surface area contributed by atoms with E-state index in [0.717, 1.165) is 13.3 Å². The van der Waals surface area contributed by atoms with Crippen molar-refractivity contribution in [1.29, 1.82) is 10.8 Å². The van der Waals surface area contributed by atoms with Crippen LogP contribution in [0.2, 0.25) is 0 Å². The molecule has 0 aliphatic carbocycles. The fourth-order valence-corrected chi connectivity index (χ4v) is 1.60. The fraction of sp³-hybridized carbons (Fsp3) is 0.214. The van der Waals surface area contributed by atoms with Gasteiger partial charge < -0.3 is 5.11 Å². The standard InChI is InChI=1S/C12H12.C2H4O2.N2/c1-2-10-7-5-8-11-6-3-4-9-12(10)11;1-2(3)4;1-2/h3-9H,2H2,1H3;1H3,(H,3,4);. The summed E-state index contributed by atoms with van der Waals surface area (Å²) < 4.78 is 0. The number of carboxylic acid groups (broad SMARTS) is 1. The predicted molar refractivity (Wildman–Crippen MR) is 70.1 cm³/mol. The smallest absolute Gasteiger partial charge is 0.300 e. The number of carbonyl (C=O) groups is 1. The lowest BCUT2D eigenvalue weighted by Gasteiger charge is -2.02. The third-order valence-electron chi connectivity index (χ3n) is 2.26. The zero-order valence-electron chi connectivity index (χ0n) is 10.5. The maximum atomic E-state index is 9.00. The van der Waals surface area contributed by atoms with E-state index in [2.05, 4.69) is 49.4 Å². The second-order valence-corrected chi connectivity index (χ2v) is 3.51. The normalized spacial score (nSPS) is 8.44. The minimum absolute atomic E-state index is 0.833. The SMILES string of the molecule is CC(=O)O.CCc1cccc2ccccc12.N#N. The molecule has 0 fully saturated rings. The molecular formula is C14H16N2O2. The fourth-order valence-electron chi connectivity index (χ4n) is 1.60. The Bertz CT molecular complexity index is 512. The van der Waals surface area contributed by atoms with E-state index in [1.54, 1.807) is 0 Å². The first kappa shape index (κ1) is 15.6. The molecule has 0 unspecified atom stereocenters. The van der Waals surface area contributed by atoms with Crippen LogP contribution < -0.4 is 0 Å². The van der Waals surface area contributed by atoms with Gasteiger partial charge in [-0.3, -0.25) is 4.79 Å². The van der Waals surface area contributed by atoms with Gasteiger partial charge in [0.05, 0.1) is 0 Å². The van der Waals surface area contributed by atoms with Gasteiger partial charge in [0, 0.05) is 17.7 Å². The first-order valence-corrected chi connectivity index (χ1v) is 5.51. The van der Waals surface area contributed by atoms with E-state index in [1.165, 1.54) is 16.3 Å². The number of benzene rings is 2. The van der Waals surface area contributed by atoms with E-state index in [1.807, 2.05) is 0 Å². The van der Waals surface area contributed by atoms with Gasteiger partial charge in [-0.15, -0.1) is 0 Å². The Labute approximate surface area is 106 Å². The van der Waals surface area contributed by atoms with Gasteiger partial charge in [0.25, 0.3) is 5.97 Å². The molecule has 0 saturated carbocycles. The molecule has 18 heavy (non-hydrogen) atoms. The van der Waals surface area contributed by atoms with Crippen molar-refractivity contribution in [2.24, 2.45) is 0 Å². The highest BCUT2D eigenvalue weighted by Gasteiger charge is 1.95. The van der Waals surface area contributed by atoms with Crippen LogP contribution >= 0.6 is 0 Å². The highest BCUT2D eigenvalue weighted by molar-refractivity contribution is 5.85. The molecule has 0 amide bonds. The summed E-state index contributed by atoms with van der Waals surface area (Å²) in [6, 6.07) is 15.0. The van der Waals surface area contributed by atoms with Crippen molar-refractivity contribution in [2.45, 2.75) is 20.3 Å². The number of aryl methyl sites for hydroxylation is 1. The van der Waals surface area contributed by atoms with Gasteiger partial charge in [-0.25, -0.2) is 0 Å². The van der Waals surface area contributed by atoms with Gasteiger partial charge in [-0.1, -0.05) is 49.4 Å². The Morgan fingerprint density at radius 1 is 1.11 bits per heavy atom. The number of fused-ring (bicyclic) bond motifs is 1. The molecule has 4 nitrogen and oxygen atoms in total. The van der Waals surface area contributed by atoms with Crippen molar-refractivity contribution < 1.29 is 9.90 Å². The molecule has 2 aromatic rings. The molecule has 1 N–H and O–H groups in total. The number of aliphatic carboxylic acids is 1. The van der Waals surface area contributed by atoms with Crippen LogP contribution in [0.4, 0.5) is 0 Å². The maximum absolute atomic E-state index is 9.00. The van der Waals surface area contributed by atoms with Crippen LogP contribution in [-0.4, -0.2) is 11.1 Å². The minimum Gasteiger partial charge on any atom is -0.481 e. The molecule has 0 spiro atoms. The molecule has 94 valence electrons. The van der Waals surface area contributed by atoms with Crippen LogP contribution in [0, 0.1) is 10.8 Å². The van der Waals surface area contributed by atoms with Gasteiger partial charge >= 0.3 is 0 Å². The molecule has 2 aromatic carbocycles. The van der Waals surface area contributed by atoms with Gasteiger partial charge in [0.15, 0.2) is 0 Å². The summed E-state index contributed by atoms with van der Waals surface area (Å²) in [4.78, 5) is 9.00. The molecule has 4 heteroatoms. The monoisotopic (exact) mass is 244 g/mol. The summed E-state index contributed by atoms with van der Waals surface area (Å²) in [6.45, 7) is 3.28.